The van der Waals surface area contributed by atoms with Gasteiger partial charge >= 0.3 is 0 Å². The van der Waals surface area contributed by atoms with Crippen molar-refractivity contribution in [3.63, 3.8) is 0 Å². The highest BCUT2D eigenvalue weighted by Crippen LogP contribution is 2.37. The number of rotatable bonds is 9. The van der Waals surface area contributed by atoms with Crippen molar-refractivity contribution >= 4 is 60.2 Å². The first-order valence-electron chi connectivity index (χ1n) is 12.5. The van der Waals surface area contributed by atoms with Crippen LogP contribution in [-0.2, 0) is 6.54 Å². The van der Waals surface area contributed by atoms with Crippen LogP contribution in [0.15, 0.2) is 41.7 Å². The molecule has 1 aromatic carbocycles. The molecule has 3 aromatic rings. The molecule has 0 saturated carbocycles. The summed E-state index contributed by atoms with van der Waals surface area (Å²) in [5.74, 6) is 0.00744. The van der Waals surface area contributed by atoms with Gasteiger partial charge in [-0.2, -0.15) is 5.26 Å². The zero-order chi connectivity index (χ0) is 27.4. The van der Waals surface area contributed by atoms with Gasteiger partial charge in [0, 0.05) is 42.9 Å². The summed E-state index contributed by atoms with van der Waals surface area (Å²) in [6, 6.07) is 5.86. The number of dihydropyridines is 1. The number of hydrogen-bond acceptors (Lipinski definition) is 8. The number of aliphatic hydroxyl groups excluding tert-OH is 1. The molecule has 1 aliphatic rings. The normalized spacial score (nSPS) is 18.2. The molecule has 200 valence electrons. The number of aromatic nitrogens is 4. The van der Waals surface area contributed by atoms with Gasteiger partial charge in [-0.1, -0.05) is 43.7 Å². The van der Waals surface area contributed by atoms with E-state index in [0.29, 0.717) is 35.6 Å². The van der Waals surface area contributed by atoms with Gasteiger partial charge in [0.15, 0.2) is 0 Å². The monoisotopic (exact) mass is 646 g/mol. The van der Waals surface area contributed by atoms with E-state index < -0.39 is 0 Å². The van der Waals surface area contributed by atoms with Gasteiger partial charge in [0.05, 0.1) is 43.8 Å². The van der Waals surface area contributed by atoms with Crippen molar-refractivity contribution in [2.75, 3.05) is 23.8 Å². The van der Waals surface area contributed by atoms with Crippen LogP contribution >= 0.6 is 34.2 Å². The molecular weight excluding hydrogens is 615 g/mol. The second-order valence-electron chi connectivity index (χ2n) is 10.7. The molecule has 11 heteroatoms. The second-order valence-corrected chi connectivity index (χ2v) is 12.2. The Morgan fingerprint density at radius 1 is 1.32 bits per heavy atom. The molecule has 0 radical (unpaired) electrons. The van der Waals surface area contributed by atoms with Gasteiger partial charge in [-0.25, -0.2) is 0 Å². The molecule has 0 aliphatic carbocycles. The van der Waals surface area contributed by atoms with Gasteiger partial charge in [0.25, 0.3) is 0 Å². The fourth-order valence-corrected chi connectivity index (χ4v) is 5.30. The Bertz CT molecular complexity index is 1400. The van der Waals surface area contributed by atoms with Crippen LogP contribution in [0.2, 0.25) is 5.02 Å². The molecule has 3 heterocycles. The standard InChI is InChI=1S/C27H32ClIN8O/c1-16-19(6-7-23(29)33-16)26(22-14-37(36-35-22)8-5-9-38)34-18-10-20-24(32-15-27(2,3)4)17(12-30)13-31-25(20)21(28)11-18/h6-7,10-11,13-14,16,19,26,34,38H,5,8-9,15H2,1-4H3,(H,31,32)/t16?,19?,26-/m0/s1. The maximum Gasteiger partial charge on any atom is 0.106 e. The molecule has 2 aromatic heterocycles. The summed E-state index contributed by atoms with van der Waals surface area (Å²) in [5, 5.41) is 36.1. The molecule has 0 bridgehead atoms. The minimum absolute atomic E-state index is 0.00744. The van der Waals surface area contributed by atoms with Gasteiger partial charge in [-0.15, -0.1) is 5.10 Å². The molecule has 3 N–H and O–H groups in total. The molecule has 38 heavy (non-hydrogen) atoms. The van der Waals surface area contributed by atoms with Crippen molar-refractivity contribution in [1.29, 1.82) is 5.26 Å². The van der Waals surface area contributed by atoms with E-state index in [-0.39, 0.29) is 30.0 Å². The van der Waals surface area contributed by atoms with Crippen LogP contribution in [0.25, 0.3) is 10.9 Å². The lowest BCUT2D eigenvalue weighted by Gasteiger charge is -2.30. The number of nitriles is 1. The average Bonchev–Trinajstić information content (AvgIpc) is 3.33. The van der Waals surface area contributed by atoms with Crippen LogP contribution in [0, 0.1) is 22.7 Å². The summed E-state index contributed by atoms with van der Waals surface area (Å²) in [7, 11) is 0. The zero-order valence-electron chi connectivity index (χ0n) is 21.9. The third kappa shape index (κ3) is 6.62. The minimum atomic E-state index is -0.246. The van der Waals surface area contributed by atoms with Crippen LogP contribution in [0.3, 0.4) is 0 Å². The number of nitrogens with one attached hydrogen (secondary N) is 2. The SMILES string of the molecule is CC1N=C(I)C=CC1[C@H](Nc1cc(Cl)c2ncc(C#N)c(NCC(C)(C)C)c2c1)c1cn(CCCO)nn1. The van der Waals surface area contributed by atoms with Crippen LogP contribution in [0.4, 0.5) is 11.4 Å². The molecule has 0 spiro atoms. The van der Waals surface area contributed by atoms with Crippen LogP contribution in [0.5, 0.6) is 0 Å². The van der Waals surface area contributed by atoms with Gasteiger partial charge < -0.3 is 15.7 Å². The third-order valence-electron chi connectivity index (χ3n) is 6.31. The predicted octanol–water partition coefficient (Wildman–Crippen LogP) is 5.75. The number of hydrogen-bond donors (Lipinski definition) is 3. The third-order valence-corrected chi connectivity index (χ3v) is 7.23. The topological polar surface area (TPSA) is 124 Å². The van der Waals surface area contributed by atoms with Crippen LogP contribution < -0.4 is 10.6 Å². The van der Waals surface area contributed by atoms with E-state index in [4.69, 9.17) is 16.6 Å². The highest BCUT2D eigenvalue weighted by Gasteiger charge is 2.31. The summed E-state index contributed by atoms with van der Waals surface area (Å²) in [6.07, 6.45) is 8.24. The fraction of sp³-hybridized carbons (Fsp3) is 0.444. The highest BCUT2D eigenvalue weighted by atomic mass is 127. The first-order chi connectivity index (χ1) is 18.1. The van der Waals surface area contributed by atoms with Crippen LogP contribution in [-0.4, -0.2) is 48.0 Å². The molecular formula is C27H32ClIN8O. The number of benzene rings is 1. The van der Waals surface area contributed by atoms with Gasteiger partial charge in [0.1, 0.15) is 11.8 Å². The molecule has 0 amide bonds. The number of aliphatic imine (C=N–C) groups is 1. The molecule has 4 rings (SSSR count). The van der Waals surface area contributed by atoms with E-state index in [1.807, 2.05) is 24.4 Å². The number of aliphatic hydroxyl groups is 1. The van der Waals surface area contributed by atoms with E-state index in [1.165, 1.54) is 0 Å². The van der Waals surface area contributed by atoms with Crippen molar-refractivity contribution in [2.45, 2.75) is 52.7 Å². The van der Waals surface area contributed by atoms with E-state index in [1.54, 1.807) is 10.9 Å². The number of halogens is 2. The van der Waals surface area contributed by atoms with Crippen molar-refractivity contribution < 1.29 is 5.11 Å². The van der Waals surface area contributed by atoms with Gasteiger partial charge in [-0.05, 0) is 59.6 Å². The lowest BCUT2D eigenvalue weighted by atomic mass is 9.89. The number of nitrogens with zero attached hydrogens (tertiary/aromatic N) is 6. The molecule has 3 atom stereocenters. The summed E-state index contributed by atoms with van der Waals surface area (Å²) in [4.78, 5) is 9.25. The Hall–Kier alpha value is -2.75. The first-order valence-corrected chi connectivity index (χ1v) is 14.0. The first kappa shape index (κ1) is 28.3. The number of allylic oxidation sites excluding steroid dienone is 1. The summed E-state index contributed by atoms with van der Waals surface area (Å²) in [5.41, 5.74) is 3.36. The minimum Gasteiger partial charge on any atom is -0.396 e. The Labute approximate surface area is 241 Å². The zero-order valence-corrected chi connectivity index (χ0v) is 24.8. The lowest BCUT2D eigenvalue weighted by molar-refractivity contribution is 0.276. The van der Waals surface area contributed by atoms with Gasteiger partial charge in [-0.3, -0.25) is 14.7 Å². The summed E-state index contributed by atoms with van der Waals surface area (Å²) < 4.78 is 2.70. The number of fused-ring (bicyclic) bond motifs is 1. The van der Waals surface area contributed by atoms with Gasteiger partial charge in [0.2, 0.25) is 0 Å². The molecule has 9 nitrogen and oxygen atoms in total. The van der Waals surface area contributed by atoms with E-state index >= 15 is 0 Å². The Morgan fingerprint density at radius 3 is 2.79 bits per heavy atom. The quantitative estimate of drug-likeness (QED) is 0.253. The van der Waals surface area contributed by atoms with Crippen molar-refractivity contribution in [1.82, 2.24) is 20.0 Å². The van der Waals surface area contributed by atoms with E-state index in [9.17, 15) is 10.4 Å². The molecule has 1 aliphatic heterocycles. The maximum atomic E-state index is 9.79. The number of anilines is 2. The number of pyridine rings is 1. The number of aryl methyl sites for hydroxylation is 1. The maximum absolute atomic E-state index is 9.79. The average molecular weight is 647 g/mol. The van der Waals surface area contributed by atoms with Crippen molar-refractivity contribution in [2.24, 2.45) is 16.3 Å². The lowest BCUT2D eigenvalue weighted by Crippen LogP contribution is -2.29. The Morgan fingerprint density at radius 2 is 2.11 bits per heavy atom. The van der Waals surface area contributed by atoms with Crippen molar-refractivity contribution in [3.05, 3.63) is 53.0 Å². The molecule has 0 fully saturated rings. The summed E-state index contributed by atoms with van der Waals surface area (Å²) >= 11 is 8.97. The fourth-order valence-electron chi connectivity index (χ4n) is 4.38. The highest BCUT2D eigenvalue weighted by molar-refractivity contribution is 14.1. The predicted molar refractivity (Wildman–Crippen MR) is 161 cm³/mol. The van der Waals surface area contributed by atoms with E-state index in [0.717, 1.165) is 26.2 Å². The largest absolute Gasteiger partial charge is 0.396 e. The summed E-state index contributed by atoms with van der Waals surface area (Å²) in [6.45, 7) is 9.84. The molecule has 0 saturated heterocycles. The second kappa shape index (κ2) is 12.0. The van der Waals surface area contributed by atoms with Crippen molar-refractivity contribution in [3.8, 4) is 6.07 Å². The van der Waals surface area contributed by atoms with E-state index in [2.05, 4.69) is 88.4 Å². The van der Waals surface area contributed by atoms with Crippen LogP contribution in [0.1, 0.15) is 51.4 Å². The Kier molecular flexibility index (Phi) is 8.90. The Balaban J connectivity index is 1.76. The molecule has 2 unspecified atom stereocenters. The smallest absolute Gasteiger partial charge is 0.106 e.